The zero-order valence-corrected chi connectivity index (χ0v) is 13.3. The van der Waals surface area contributed by atoms with Gasteiger partial charge in [0.05, 0.1) is 0 Å². The van der Waals surface area contributed by atoms with Crippen molar-refractivity contribution in [1.82, 2.24) is 0 Å². The lowest BCUT2D eigenvalue weighted by molar-refractivity contribution is -0.110. The van der Waals surface area contributed by atoms with Crippen molar-refractivity contribution in [2.24, 2.45) is 0 Å². The van der Waals surface area contributed by atoms with Gasteiger partial charge >= 0.3 is 0 Å². The molecule has 1 amide bonds. The van der Waals surface area contributed by atoms with E-state index in [1.807, 2.05) is 24.3 Å². The Labute approximate surface area is 140 Å². The van der Waals surface area contributed by atoms with Crippen LogP contribution in [0, 0.1) is 5.82 Å². The van der Waals surface area contributed by atoms with Gasteiger partial charge in [0.15, 0.2) is 0 Å². The lowest BCUT2D eigenvalue weighted by Gasteiger charge is -2.00. The van der Waals surface area contributed by atoms with Gasteiger partial charge in [-0.25, -0.2) is 4.39 Å². The van der Waals surface area contributed by atoms with Gasteiger partial charge in [-0.1, -0.05) is 43.3 Å². The van der Waals surface area contributed by atoms with Crippen LogP contribution in [-0.4, -0.2) is 5.91 Å². The van der Waals surface area contributed by atoms with E-state index in [-0.39, 0.29) is 11.7 Å². The second-order valence-corrected chi connectivity index (χ2v) is 5.92. The van der Waals surface area contributed by atoms with Crippen LogP contribution < -0.4 is 5.32 Å². The second-order valence-electron chi connectivity index (χ2n) is 5.92. The minimum atomic E-state index is -0.343. The maximum absolute atomic E-state index is 13.6. The van der Waals surface area contributed by atoms with Crippen molar-refractivity contribution in [2.75, 3.05) is 5.32 Å². The van der Waals surface area contributed by atoms with E-state index in [4.69, 9.17) is 0 Å². The summed E-state index contributed by atoms with van der Waals surface area (Å²) in [5, 5.41) is 2.80. The lowest BCUT2D eigenvalue weighted by Crippen LogP contribution is -2.03. The number of hydrogen-bond acceptors (Lipinski definition) is 1. The molecular weight excluding hydrogens is 301 g/mol. The number of benzene rings is 1. The van der Waals surface area contributed by atoms with E-state index >= 15 is 0 Å². The molecule has 0 spiro atoms. The molecule has 2 aliphatic carbocycles. The maximum Gasteiger partial charge on any atom is 0.256 e. The Morgan fingerprint density at radius 2 is 1.79 bits per heavy atom. The molecular formula is C21H16FNO. The predicted molar refractivity (Wildman–Crippen MR) is 95.3 cm³/mol. The summed E-state index contributed by atoms with van der Waals surface area (Å²) in [6.07, 6.45) is 2.78. The van der Waals surface area contributed by atoms with Crippen molar-refractivity contribution >= 4 is 23.2 Å². The summed E-state index contributed by atoms with van der Waals surface area (Å²) < 4.78 is 13.6. The van der Waals surface area contributed by atoms with E-state index in [9.17, 15) is 9.18 Å². The molecule has 4 rings (SSSR count). The molecule has 3 aliphatic rings. The van der Waals surface area contributed by atoms with Gasteiger partial charge in [0.25, 0.3) is 5.91 Å². The number of aryl methyl sites for hydroxylation is 1. The van der Waals surface area contributed by atoms with Crippen molar-refractivity contribution in [1.29, 1.82) is 0 Å². The highest BCUT2D eigenvalue weighted by Gasteiger charge is 2.25. The van der Waals surface area contributed by atoms with E-state index < -0.39 is 0 Å². The number of fused-ring (bicyclic) bond motifs is 2. The van der Waals surface area contributed by atoms with E-state index in [1.165, 1.54) is 23.3 Å². The van der Waals surface area contributed by atoms with Crippen LogP contribution in [0.5, 0.6) is 0 Å². The summed E-state index contributed by atoms with van der Waals surface area (Å²) in [6.45, 7) is 2.12. The van der Waals surface area contributed by atoms with E-state index in [0.717, 1.165) is 17.5 Å². The fourth-order valence-electron chi connectivity index (χ4n) is 3.29. The van der Waals surface area contributed by atoms with Crippen LogP contribution in [0.25, 0.3) is 22.8 Å². The average Bonchev–Trinajstić information content (AvgIpc) is 2.93. The molecule has 0 saturated carbocycles. The second kappa shape index (κ2) is 5.60. The van der Waals surface area contributed by atoms with Crippen LogP contribution in [-0.2, 0) is 11.2 Å². The van der Waals surface area contributed by atoms with Gasteiger partial charge in [0, 0.05) is 16.8 Å². The number of anilines is 1. The van der Waals surface area contributed by atoms with Crippen molar-refractivity contribution in [3.8, 4) is 11.1 Å². The molecule has 24 heavy (non-hydrogen) atoms. The van der Waals surface area contributed by atoms with Crippen LogP contribution in [0.2, 0.25) is 0 Å². The number of nitrogens with one attached hydrogen (secondary N) is 1. The third-order valence-corrected chi connectivity index (χ3v) is 4.47. The minimum Gasteiger partial charge on any atom is -0.321 e. The van der Waals surface area contributed by atoms with Gasteiger partial charge in [-0.3, -0.25) is 4.79 Å². The van der Waals surface area contributed by atoms with E-state index in [1.54, 1.807) is 6.07 Å². The van der Waals surface area contributed by atoms with Crippen molar-refractivity contribution < 1.29 is 9.18 Å². The minimum absolute atomic E-state index is 0.191. The Morgan fingerprint density at radius 1 is 1.00 bits per heavy atom. The molecule has 0 fully saturated rings. The van der Waals surface area contributed by atoms with E-state index in [0.29, 0.717) is 16.8 Å². The van der Waals surface area contributed by atoms with Crippen LogP contribution >= 0.6 is 0 Å². The average molecular weight is 317 g/mol. The molecule has 0 radical (unpaired) electrons. The molecule has 0 bridgehead atoms. The standard InChI is InChI=1S/C21H16FNO/c1-2-13-10-14(17-7-5-3-4-6-16(13)17)11-19-18-12-15(22)8-9-20(18)23-21(19)24/h3-12H,2H2,1H3,(H,23,24)/b19-11-. The SMILES string of the molecule is CCc1cc(/C=C2\C(=O)Nc3ccc(F)cc32)c2cccccc1-2. The molecule has 1 aromatic carbocycles. The molecule has 1 aromatic rings. The Hall–Kier alpha value is -2.94. The number of carbonyl (C=O) groups excluding carboxylic acids is 1. The molecule has 0 unspecified atom stereocenters. The number of amides is 1. The molecule has 1 aliphatic heterocycles. The highest BCUT2D eigenvalue weighted by atomic mass is 19.1. The summed E-state index contributed by atoms with van der Waals surface area (Å²) in [7, 11) is 0. The molecule has 2 nitrogen and oxygen atoms in total. The lowest BCUT2D eigenvalue weighted by atomic mass is 10.0. The van der Waals surface area contributed by atoms with Gasteiger partial charge in [-0.05, 0) is 52.9 Å². The Morgan fingerprint density at radius 3 is 2.58 bits per heavy atom. The maximum atomic E-state index is 13.6. The smallest absolute Gasteiger partial charge is 0.256 e. The summed E-state index contributed by atoms with van der Waals surface area (Å²) in [4.78, 5) is 12.3. The third-order valence-electron chi connectivity index (χ3n) is 4.47. The van der Waals surface area contributed by atoms with Gasteiger partial charge in [0.1, 0.15) is 5.82 Å². The zero-order chi connectivity index (χ0) is 16.7. The zero-order valence-electron chi connectivity index (χ0n) is 13.3. The summed E-state index contributed by atoms with van der Waals surface area (Å²) in [6, 6.07) is 16.6. The van der Waals surface area contributed by atoms with Crippen LogP contribution in [0.15, 0.2) is 54.6 Å². The summed E-state index contributed by atoms with van der Waals surface area (Å²) >= 11 is 0. The monoisotopic (exact) mass is 317 g/mol. The summed E-state index contributed by atoms with van der Waals surface area (Å²) in [5.41, 5.74) is 6.29. The molecule has 3 heteroatoms. The van der Waals surface area contributed by atoms with Crippen LogP contribution in [0.3, 0.4) is 0 Å². The van der Waals surface area contributed by atoms with Gasteiger partial charge in [-0.2, -0.15) is 0 Å². The summed E-state index contributed by atoms with van der Waals surface area (Å²) in [5.74, 6) is -0.535. The molecule has 0 saturated heterocycles. The quantitative estimate of drug-likeness (QED) is 0.663. The van der Waals surface area contributed by atoms with Gasteiger partial charge in [0.2, 0.25) is 0 Å². The van der Waals surface area contributed by atoms with Gasteiger partial charge < -0.3 is 5.32 Å². The van der Waals surface area contributed by atoms with Crippen LogP contribution in [0.4, 0.5) is 10.1 Å². The fourth-order valence-corrected chi connectivity index (χ4v) is 3.29. The Bertz CT molecular complexity index is 958. The number of rotatable bonds is 2. The molecule has 0 atom stereocenters. The number of carbonyl (C=O) groups is 1. The number of hydrogen-bond donors (Lipinski definition) is 1. The highest BCUT2D eigenvalue weighted by molar-refractivity contribution is 6.35. The van der Waals surface area contributed by atoms with Crippen molar-refractivity contribution in [3.63, 3.8) is 0 Å². The third kappa shape index (κ3) is 2.29. The molecule has 1 N–H and O–H groups in total. The largest absolute Gasteiger partial charge is 0.321 e. The first-order valence-electron chi connectivity index (χ1n) is 8.01. The van der Waals surface area contributed by atoms with Gasteiger partial charge in [-0.15, -0.1) is 0 Å². The first-order valence-corrected chi connectivity index (χ1v) is 8.01. The fraction of sp³-hybridized carbons (Fsp3) is 0.0952. The molecule has 1 heterocycles. The first kappa shape index (κ1) is 14.6. The number of halogens is 1. The first-order chi connectivity index (χ1) is 11.7. The Kier molecular flexibility index (Phi) is 3.42. The van der Waals surface area contributed by atoms with Crippen LogP contribution in [0.1, 0.15) is 23.6 Å². The predicted octanol–water partition coefficient (Wildman–Crippen LogP) is 4.99. The van der Waals surface area contributed by atoms with E-state index in [2.05, 4.69) is 30.4 Å². The normalized spacial score (nSPS) is 14.9. The van der Waals surface area contributed by atoms with Crippen molar-refractivity contribution in [2.45, 2.75) is 13.3 Å². The topological polar surface area (TPSA) is 29.1 Å². The highest BCUT2D eigenvalue weighted by Crippen LogP contribution is 2.38. The molecule has 0 aromatic heterocycles. The Balaban J connectivity index is 1.91. The molecule has 118 valence electrons. The van der Waals surface area contributed by atoms with Crippen molar-refractivity contribution in [3.05, 3.63) is 77.1 Å².